The Bertz CT molecular complexity index is 892. The Labute approximate surface area is 153 Å². The molecule has 8 nitrogen and oxygen atoms in total. The molecular weight excluding hydrogens is 356 g/mol. The van der Waals surface area contributed by atoms with Crippen LogP contribution in [-0.2, 0) is 10.0 Å². The number of hydrogen-bond donors (Lipinski definition) is 0. The van der Waals surface area contributed by atoms with Crippen molar-refractivity contribution in [1.82, 2.24) is 19.0 Å². The van der Waals surface area contributed by atoms with Gasteiger partial charge in [-0.3, -0.25) is 9.48 Å². The van der Waals surface area contributed by atoms with E-state index in [1.54, 1.807) is 35.6 Å². The maximum atomic E-state index is 13.1. The Morgan fingerprint density at radius 1 is 1.19 bits per heavy atom. The summed E-state index contributed by atoms with van der Waals surface area (Å²) in [5, 5.41) is 4.38. The highest BCUT2D eigenvalue weighted by Gasteiger charge is 2.34. The lowest BCUT2D eigenvalue weighted by Crippen LogP contribution is -2.50. The van der Waals surface area contributed by atoms with Crippen molar-refractivity contribution in [2.24, 2.45) is 0 Å². The van der Waals surface area contributed by atoms with E-state index >= 15 is 0 Å². The van der Waals surface area contributed by atoms with Crippen molar-refractivity contribution in [2.45, 2.75) is 38.6 Å². The van der Waals surface area contributed by atoms with Crippen molar-refractivity contribution >= 4 is 15.9 Å². The fraction of sp³-hybridized carbons (Fsp3) is 0.529. The highest BCUT2D eigenvalue weighted by atomic mass is 32.2. The summed E-state index contributed by atoms with van der Waals surface area (Å²) in [7, 11) is -3.65. The Morgan fingerprint density at radius 3 is 2.35 bits per heavy atom. The van der Waals surface area contributed by atoms with Crippen LogP contribution in [0.2, 0.25) is 0 Å². The van der Waals surface area contributed by atoms with Crippen molar-refractivity contribution < 1.29 is 17.6 Å². The lowest BCUT2D eigenvalue weighted by atomic mass is 10.3. The summed E-state index contributed by atoms with van der Waals surface area (Å²) < 4.78 is 34.5. The Balaban J connectivity index is 1.78. The van der Waals surface area contributed by atoms with Crippen LogP contribution in [0.1, 0.15) is 41.8 Å². The topological polar surface area (TPSA) is 88.7 Å². The fourth-order valence-corrected chi connectivity index (χ4v) is 5.12. The van der Waals surface area contributed by atoms with E-state index in [0.29, 0.717) is 24.5 Å². The zero-order valence-corrected chi connectivity index (χ0v) is 16.3. The predicted molar refractivity (Wildman–Crippen MR) is 95.5 cm³/mol. The molecule has 9 heteroatoms. The van der Waals surface area contributed by atoms with Crippen LogP contribution in [0.3, 0.4) is 0 Å². The van der Waals surface area contributed by atoms with Crippen LogP contribution in [0, 0.1) is 13.8 Å². The first-order chi connectivity index (χ1) is 12.2. The molecule has 142 valence electrons. The van der Waals surface area contributed by atoms with Gasteiger partial charge in [-0.2, -0.15) is 9.40 Å². The third-order valence-corrected chi connectivity index (χ3v) is 6.76. The van der Waals surface area contributed by atoms with E-state index in [2.05, 4.69) is 5.10 Å². The van der Waals surface area contributed by atoms with Crippen LogP contribution < -0.4 is 0 Å². The molecule has 0 radical (unpaired) electrons. The van der Waals surface area contributed by atoms with Gasteiger partial charge in [0.05, 0.1) is 17.7 Å². The van der Waals surface area contributed by atoms with E-state index in [1.807, 2.05) is 13.8 Å². The first-order valence-corrected chi connectivity index (χ1v) is 10.1. The predicted octanol–water partition coefficient (Wildman–Crippen LogP) is 1.82. The van der Waals surface area contributed by atoms with Crippen molar-refractivity contribution in [3.63, 3.8) is 0 Å². The quantitative estimate of drug-likeness (QED) is 0.807. The second kappa shape index (κ2) is 6.88. The summed E-state index contributed by atoms with van der Waals surface area (Å²) in [6.45, 7) is 8.59. The number of carbonyl (C=O) groups is 1. The number of piperazine rings is 1. The summed E-state index contributed by atoms with van der Waals surface area (Å²) in [6, 6.07) is 3.35. The molecule has 26 heavy (non-hydrogen) atoms. The van der Waals surface area contributed by atoms with Gasteiger partial charge in [0.25, 0.3) is 5.91 Å². The van der Waals surface area contributed by atoms with Crippen molar-refractivity contribution in [1.29, 1.82) is 0 Å². The molecule has 1 saturated heterocycles. The minimum absolute atomic E-state index is 0.0837. The number of hydrogen-bond acceptors (Lipinski definition) is 5. The van der Waals surface area contributed by atoms with E-state index in [9.17, 15) is 13.2 Å². The number of rotatable bonds is 4. The van der Waals surface area contributed by atoms with E-state index in [0.717, 1.165) is 0 Å². The van der Waals surface area contributed by atoms with Crippen LogP contribution in [-0.4, -0.2) is 59.5 Å². The van der Waals surface area contributed by atoms with Crippen LogP contribution in [0.25, 0.3) is 0 Å². The largest absolute Gasteiger partial charge is 0.459 e. The number of carbonyl (C=O) groups excluding carboxylic acids is 1. The molecule has 3 rings (SSSR count). The number of amides is 1. The fourth-order valence-electron chi connectivity index (χ4n) is 3.34. The molecule has 2 aromatic heterocycles. The lowest BCUT2D eigenvalue weighted by molar-refractivity contribution is 0.0666. The summed E-state index contributed by atoms with van der Waals surface area (Å²) in [4.78, 5) is 14.2. The number of nitrogens with zero attached hydrogens (tertiary/aromatic N) is 4. The highest BCUT2D eigenvalue weighted by molar-refractivity contribution is 7.89. The lowest BCUT2D eigenvalue weighted by Gasteiger charge is -2.33. The van der Waals surface area contributed by atoms with Gasteiger partial charge in [0, 0.05) is 32.2 Å². The summed E-state index contributed by atoms with van der Waals surface area (Å²) >= 11 is 0. The first kappa shape index (κ1) is 18.7. The van der Waals surface area contributed by atoms with E-state index in [1.165, 1.54) is 10.6 Å². The van der Waals surface area contributed by atoms with Gasteiger partial charge in [-0.1, -0.05) is 0 Å². The molecule has 0 saturated carbocycles. The second-order valence-electron chi connectivity index (χ2n) is 6.71. The summed E-state index contributed by atoms with van der Waals surface area (Å²) in [6.07, 6.45) is 1.45. The first-order valence-electron chi connectivity index (χ1n) is 8.62. The summed E-state index contributed by atoms with van der Waals surface area (Å²) in [5.41, 5.74) is 1.15. The second-order valence-corrected chi connectivity index (χ2v) is 8.59. The van der Waals surface area contributed by atoms with Crippen molar-refractivity contribution in [3.05, 3.63) is 35.5 Å². The average molecular weight is 380 g/mol. The molecule has 1 aliphatic heterocycles. The smallest absolute Gasteiger partial charge is 0.289 e. The molecule has 0 spiro atoms. The van der Waals surface area contributed by atoms with Gasteiger partial charge in [0.15, 0.2) is 5.76 Å². The molecule has 0 aliphatic carbocycles. The standard InChI is InChI=1S/C17H24N4O4S/c1-12(2)21-14(4)16(13(3)18-21)26(23,24)20-9-7-19(8-10-20)17(22)15-6-5-11-25-15/h5-6,11-12H,7-10H2,1-4H3. The van der Waals surface area contributed by atoms with E-state index in [-0.39, 0.29) is 35.7 Å². The molecule has 1 aliphatic rings. The molecule has 1 amide bonds. The third kappa shape index (κ3) is 3.16. The number of sulfonamides is 1. The van der Waals surface area contributed by atoms with Gasteiger partial charge < -0.3 is 9.32 Å². The zero-order chi connectivity index (χ0) is 19.1. The number of aryl methyl sites for hydroxylation is 1. The number of aromatic nitrogens is 2. The zero-order valence-electron chi connectivity index (χ0n) is 15.5. The maximum Gasteiger partial charge on any atom is 0.289 e. The van der Waals surface area contributed by atoms with Crippen LogP contribution in [0.4, 0.5) is 0 Å². The molecule has 0 bridgehead atoms. The monoisotopic (exact) mass is 380 g/mol. The minimum Gasteiger partial charge on any atom is -0.459 e. The molecular formula is C17H24N4O4S. The van der Waals surface area contributed by atoms with Crippen LogP contribution in [0.15, 0.2) is 27.7 Å². The Morgan fingerprint density at radius 2 is 1.85 bits per heavy atom. The molecule has 3 heterocycles. The number of furan rings is 1. The minimum atomic E-state index is -3.65. The molecule has 0 aromatic carbocycles. The van der Waals surface area contributed by atoms with Gasteiger partial charge in [-0.25, -0.2) is 8.42 Å². The van der Waals surface area contributed by atoms with Gasteiger partial charge in [0.2, 0.25) is 10.0 Å². The molecule has 2 aromatic rings. The highest BCUT2D eigenvalue weighted by Crippen LogP contribution is 2.26. The van der Waals surface area contributed by atoms with Crippen LogP contribution >= 0.6 is 0 Å². The van der Waals surface area contributed by atoms with Crippen molar-refractivity contribution in [2.75, 3.05) is 26.2 Å². The SMILES string of the molecule is Cc1nn(C(C)C)c(C)c1S(=O)(=O)N1CCN(C(=O)c2ccco2)CC1. The third-order valence-electron chi connectivity index (χ3n) is 4.60. The van der Waals surface area contributed by atoms with Gasteiger partial charge >= 0.3 is 0 Å². The van der Waals surface area contributed by atoms with E-state index < -0.39 is 10.0 Å². The molecule has 0 atom stereocenters. The maximum absolute atomic E-state index is 13.1. The van der Waals surface area contributed by atoms with Gasteiger partial charge in [-0.15, -0.1) is 0 Å². The average Bonchev–Trinajstić information content (AvgIpc) is 3.22. The van der Waals surface area contributed by atoms with Crippen LogP contribution in [0.5, 0.6) is 0 Å². The normalized spacial score (nSPS) is 16.4. The molecule has 0 N–H and O–H groups in total. The Kier molecular flexibility index (Phi) is 4.94. The molecule has 0 unspecified atom stereocenters. The molecule has 1 fully saturated rings. The Hall–Kier alpha value is -2.13. The van der Waals surface area contributed by atoms with Crippen molar-refractivity contribution in [3.8, 4) is 0 Å². The van der Waals surface area contributed by atoms with E-state index in [4.69, 9.17) is 4.42 Å². The van der Waals surface area contributed by atoms with Gasteiger partial charge in [0.1, 0.15) is 4.90 Å². The summed E-state index contributed by atoms with van der Waals surface area (Å²) in [5.74, 6) is 0.0539. The van der Waals surface area contributed by atoms with Gasteiger partial charge in [-0.05, 0) is 39.8 Å².